The lowest BCUT2D eigenvalue weighted by molar-refractivity contribution is -0.145. The summed E-state index contributed by atoms with van der Waals surface area (Å²) in [7, 11) is 1.62. The molecule has 0 aliphatic heterocycles. The van der Waals surface area contributed by atoms with Crippen molar-refractivity contribution in [3.8, 4) is 11.5 Å². The fourth-order valence-corrected chi connectivity index (χ4v) is 2.37. The zero-order chi connectivity index (χ0) is 17.5. The number of nitrogens with one attached hydrogen (secondary N) is 1. The van der Waals surface area contributed by atoms with Gasteiger partial charge in [-0.05, 0) is 42.8 Å². The number of ether oxygens (including phenoxy) is 3. The lowest BCUT2D eigenvalue weighted by atomic mass is 10.3. The lowest BCUT2D eigenvalue weighted by Gasteiger charge is -2.07. The summed E-state index contributed by atoms with van der Waals surface area (Å²) in [6.07, 6.45) is 0.890. The second-order valence-corrected chi connectivity index (χ2v) is 5.49. The van der Waals surface area contributed by atoms with Crippen molar-refractivity contribution in [1.82, 2.24) is 9.97 Å². The van der Waals surface area contributed by atoms with E-state index in [4.69, 9.17) is 14.2 Å². The number of rotatable bonds is 8. The highest BCUT2D eigenvalue weighted by atomic mass is 16.5. The molecule has 1 aromatic heterocycles. The summed E-state index contributed by atoms with van der Waals surface area (Å²) in [5.74, 6) is 1.90. The van der Waals surface area contributed by atoms with Crippen molar-refractivity contribution in [2.24, 2.45) is 0 Å². The second-order valence-electron chi connectivity index (χ2n) is 5.49. The molecule has 0 spiro atoms. The Morgan fingerprint density at radius 3 is 2.60 bits per heavy atom. The third-order valence-electron chi connectivity index (χ3n) is 3.66. The molecule has 0 amide bonds. The van der Waals surface area contributed by atoms with Gasteiger partial charge in [0.1, 0.15) is 23.9 Å². The number of hydrogen-bond acceptors (Lipinski definition) is 5. The van der Waals surface area contributed by atoms with Crippen LogP contribution in [0.15, 0.2) is 48.5 Å². The van der Waals surface area contributed by atoms with Gasteiger partial charge in [0.15, 0.2) is 0 Å². The van der Waals surface area contributed by atoms with Gasteiger partial charge >= 0.3 is 5.97 Å². The smallest absolute Gasteiger partial charge is 0.306 e. The topological polar surface area (TPSA) is 73.4 Å². The molecular weight excluding hydrogens is 320 g/mol. The summed E-state index contributed by atoms with van der Waals surface area (Å²) >= 11 is 0. The van der Waals surface area contributed by atoms with Gasteiger partial charge in [0, 0.05) is 6.42 Å². The molecule has 0 bridgehead atoms. The summed E-state index contributed by atoms with van der Waals surface area (Å²) in [4.78, 5) is 19.3. The highest BCUT2D eigenvalue weighted by Gasteiger charge is 2.07. The number of hydrogen-bond donors (Lipinski definition) is 1. The molecular formula is C19H20N2O4. The van der Waals surface area contributed by atoms with Gasteiger partial charge < -0.3 is 19.2 Å². The van der Waals surface area contributed by atoms with E-state index in [0.717, 1.165) is 22.5 Å². The Balaban J connectivity index is 1.36. The quantitative estimate of drug-likeness (QED) is 0.502. The first-order chi connectivity index (χ1) is 12.2. The van der Waals surface area contributed by atoms with Crippen LogP contribution in [0.25, 0.3) is 11.0 Å². The van der Waals surface area contributed by atoms with E-state index in [0.29, 0.717) is 25.3 Å². The molecule has 0 aliphatic rings. The number of aromatic nitrogens is 2. The van der Waals surface area contributed by atoms with Gasteiger partial charge in [0.05, 0.1) is 24.8 Å². The largest absolute Gasteiger partial charge is 0.497 e. The first kappa shape index (κ1) is 16.8. The summed E-state index contributed by atoms with van der Waals surface area (Å²) in [5.41, 5.74) is 1.79. The number of carbonyl (C=O) groups is 1. The minimum Gasteiger partial charge on any atom is -0.497 e. The molecule has 3 aromatic rings. The standard InChI is InChI=1S/C19H20N2O4/c1-23-14-8-10-15(11-9-14)24-12-4-7-19(22)25-13-18-20-16-5-2-3-6-17(16)21-18/h2-3,5-6,8-11H,4,7,12-13H2,1H3,(H,20,21). The van der Waals surface area contributed by atoms with Crippen molar-refractivity contribution in [3.05, 3.63) is 54.4 Å². The van der Waals surface area contributed by atoms with Crippen LogP contribution >= 0.6 is 0 Å². The van der Waals surface area contributed by atoms with Crippen LogP contribution in [-0.4, -0.2) is 29.7 Å². The predicted molar refractivity (Wildman–Crippen MR) is 93.6 cm³/mol. The Hall–Kier alpha value is -3.02. The summed E-state index contributed by atoms with van der Waals surface area (Å²) in [6.45, 7) is 0.596. The Bertz CT molecular complexity index is 794. The Morgan fingerprint density at radius 1 is 1.08 bits per heavy atom. The number of imidazole rings is 1. The maximum Gasteiger partial charge on any atom is 0.306 e. The first-order valence-electron chi connectivity index (χ1n) is 8.11. The molecule has 2 aromatic carbocycles. The van der Waals surface area contributed by atoms with Crippen LogP contribution in [0.1, 0.15) is 18.7 Å². The van der Waals surface area contributed by atoms with Crippen LogP contribution in [-0.2, 0) is 16.1 Å². The molecule has 0 unspecified atom stereocenters. The van der Waals surface area contributed by atoms with E-state index in [1.165, 1.54) is 0 Å². The van der Waals surface area contributed by atoms with Crippen LogP contribution < -0.4 is 9.47 Å². The van der Waals surface area contributed by atoms with Gasteiger partial charge in [-0.1, -0.05) is 12.1 Å². The SMILES string of the molecule is COc1ccc(OCCCC(=O)OCc2nc3ccccc3[nH]2)cc1. The molecule has 0 atom stereocenters. The number of esters is 1. The fourth-order valence-electron chi connectivity index (χ4n) is 2.37. The molecule has 0 radical (unpaired) electrons. The van der Waals surface area contributed by atoms with Crippen LogP contribution in [0.5, 0.6) is 11.5 Å². The minimum absolute atomic E-state index is 0.146. The van der Waals surface area contributed by atoms with Gasteiger partial charge in [-0.3, -0.25) is 4.79 Å². The average molecular weight is 340 g/mol. The Labute approximate surface area is 145 Å². The number of aromatic amines is 1. The molecule has 3 rings (SSSR count). The van der Waals surface area contributed by atoms with E-state index in [9.17, 15) is 4.79 Å². The number of fused-ring (bicyclic) bond motifs is 1. The second kappa shape index (κ2) is 8.19. The zero-order valence-electron chi connectivity index (χ0n) is 14.0. The molecule has 1 N–H and O–H groups in total. The van der Waals surface area contributed by atoms with E-state index < -0.39 is 0 Å². The molecule has 0 fully saturated rings. The van der Waals surface area contributed by atoms with Gasteiger partial charge in [-0.2, -0.15) is 0 Å². The normalized spacial score (nSPS) is 10.6. The average Bonchev–Trinajstić information content (AvgIpc) is 3.07. The van der Waals surface area contributed by atoms with Crippen molar-refractivity contribution in [1.29, 1.82) is 0 Å². The van der Waals surface area contributed by atoms with Crippen LogP contribution in [0, 0.1) is 0 Å². The maximum atomic E-state index is 11.8. The third-order valence-corrected chi connectivity index (χ3v) is 3.66. The molecule has 25 heavy (non-hydrogen) atoms. The van der Waals surface area contributed by atoms with Crippen molar-refractivity contribution < 1.29 is 19.0 Å². The zero-order valence-corrected chi connectivity index (χ0v) is 14.0. The third kappa shape index (κ3) is 4.73. The molecule has 0 saturated heterocycles. The van der Waals surface area contributed by atoms with Gasteiger partial charge in [-0.25, -0.2) is 4.98 Å². The summed E-state index contributed by atoms with van der Waals surface area (Å²) < 4.78 is 15.9. The molecule has 0 aliphatic carbocycles. The lowest BCUT2D eigenvalue weighted by Crippen LogP contribution is -2.08. The van der Waals surface area contributed by atoms with E-state index in [1.54, 1.807) is 7.11 Å². The predicted octanol–water partition coefficient (Wildman–Crippen LogP) is 3.47. The van der Waals surface area contributed by atoms with Gasteiger partial charge in [0.25, 0.3) is 0 Å². The monoisotopic (exact) mass is 340 g/mol. The van der Waals surface area contributed by atoms with Crippen molar-refractivity contribution in [2.45, 2.75) is 19.4 Å². The van der Waals surface area contributed by atoms with E-state index >= 15 is 0 Å². The number of para-hydroxylation sites is 2. The molecule has 1 heterocycles. The fraction of sp³-hybridized carbons (Fsp3) is 0.263. The number of nitrogens with zero attached hydrogens (tertiary/aromatic N) is 1. The van der Waals surface area contributed by atoms with Crippen molar-refractivity contribution in [3.63, 3.8) is 0 Å². The van der Waals surface area contributed by atoms with E-state index in [2.05, 4.69) is 9.97 Å². The number of methoxy groups -OCH3 is 1. The number of benzene rings is 2. The number of H-pyrrole nitrogens is 1. The van der Waals surface area contributed by atoms with Crippen molar-refractivity contribution in [2.75, 3.05) is 13.7 Å². The Morgan fingerprint density at radius 2 is 1.84 bits per heavy atom. The van der Waals surface area contributed by atoms with Crippen LogP contribution in [0.3, 0.4) is 0 Å². The van der Waals surface area contributed by atoms with Gasteiger partial charge in [-0.15, -0.1) is 0 Å². The highest BCUT2D eigenvalue weighted by Crippen LogP contribution is 2.17. The Kier molecular flexibility index (Phi) is 5.51. The summed E-state index contributed by atoms with van der Waals surface area (Å²) in [5, 5.41) is 0. The number of carbonyl (C=O) groups excluding carboxylic acids is 1. The molecule has 6 heteroatoms. The van der Waals surface area contributed by atoms with Crippen molar-refractivity contribution >= 4 is 17.0 Å². The highest BCUT2D eigenvalue weighted by molar-refractivity contribution is 5.74. The van der Waals surface area contributed by atoms with Gasteiger partial charge in [0.2, 0.25) is 0 Å². The van der Waals surface area contributed by atoms with Crippen LogP contribution in [0.4, 0.5) is 0 Å². The van der Waals surface area contributed by atoms with E-state index in [1.807, 2.05) is 48.5 Å². The van der Waals surface area contributed by atoms with Crippen LogP contribution in [0.2, 0.25) is 0 Å². The minimum atomic E-state index is -0.265. The summed E-state index contributed by atoms with van der Waals surface area (Å²) in [6, 6.07) is 15.0. The molecule has 130 valence electrons. The van der Waals surface area contributed by atoms with E-state index in [-0.39, 0.29) is 12.6 Å². The maximum absolute atomic E-state index is 11.8. The molecule has 0 saturated carbocycles. The first-order valence-corrected chi connectivity index (χ1v) is 8.11. The molecule has 6 nitrogen and oxygen atoms in total.